The van der Waals surface area contributed by atoms with E-state index in [-0.39, 0.29) is 11.5 Å². The molecule has 1 heterocycles. The third kappa shape index (κ3) is 4.75. The van der Waals surface area contributed by atoms with Gasteiger partial charge in [-0.1, -0.05) is 46.8 Å². The summed E-state index contributed by atoms with van der Waals surface area (Å²) >= 11 is 8.84. The summed E-state index contributed by atoms with van der Waals surface area (Å²) in [5.74, 6) is 0.789. The Morgan fingerprint density at radius 3 is 2.85 bits per heavy atom. The second-order valence-corrected chi connectivity index (χ2v) is 8.04. The van der Waals surface area contributed by atoms with Gasteiger partial charge in [0, 0.05) is 11.3 Å². The third-order valence-electron chi connectivity index (χ3n) is 3.48. The molecule has 0 amide bonds. The lowest BCUT2D eigenvalue weighted by atomic mass is 10.1. The van der Waals surface area contributed by atoms with E-state index in [1.807, 2.05) is 31.2 Å². The normalized spacial score (nSPS) is 10.6. The zero-order valence-corrected chi connectivity index (χ0v) is 16.5. The highest BCUT2D eigenvalue weighted by molar-refractivity contribution is 8.01. The van der Waals surface area contributed by atoms with E-state index in [0.717, 1.165) is 15.6 Å². The Kier molecular flexibility index (Phi) is 6.13. The fourth-order valence-electron chi connectivity index (χ4n) is 2.22. The van der Waals surface area contributed by atoms with Gasteiger partial charge in [0.2, 0.25) is 5.13 Å². The first kappa shape index (κ1) is 18.7. The first-order chi connectivity index (χ1) is 12.5. The van der Waals surface area contributed by atoms with Gasteiger partial charge in [-0.05, 0) is 42.8 Å². The number of ether oxygens (including phenoxy) is 1. The Bertz CT molecular complexity index is 930. The average molecular weight is 406 g/mol. The second-order valence-electron chi connectivity index (χ2n) is 5.43. The van der Waals surface area contributed by atoms with E-state index < -0.39 is 0 Å². The third-order valence-corrected chi connectivity index (χ3v) is 5.74. The quantitative estimate of drug-likeness (QED) is 0.429. The number of methoxy groups -OCH3 is 1. The summed E-state index contributed by atoms with van der Waals surface area (Å²) in [6.45, 7) is 2.03. The number of thioether (sulfide) groups is 1. The molecule has 1 N–H and O–H groups in total. The number of carbonyl (C=O) groups is 1. The lowest BCUT2D eigenvalue weighted by Gasteiger charge is -2.05. The minimum Gasteiger partial charge on any atom is -0.495 e. The molecular weight excluding hydrogens is 390 g/mol. The maximum Gasteiger partial charge on any atom is 0.210 e. The number of ketones is 1. The molecule has 1 aromatic heterocycles. The van der Waals surface area contributed by atoms with Gasteiger partial charge in [0.25, 0.3) is 0 Å². The van der Waals surface area contributed by atoms with E-state index in [4.69, 9.17) is 16.3 Å². The van der Waals surface area contributed by atoms with Crippen molar-refractivity contribution in [1.29, 1.82) is 0 Å². The molecule has 0 radical (unpaired) electrons. The number of halogens is 1. The van der Waals surface area contributed by atoms with Crippen LogP contribution in [0.5, 0.6) is 5.75 Å². The lowest BCUT2D eigenvalue weighted by molar-refractivity contribution is 0.102. The maximum absolute atomic E-state index is 12.3. The molecule has 8 heteroatoms. The van der Waals surface area contributed by atoms with Crippen LogP contribution >= 0.6 is 34.7 Å². The molecule has 0 fully saturated rings. The Morgan fingerprint density at radius 2 is 2.12 bits per heavy atom. The summed E-state index contributed by atoms with van der Waals surface area (Å²) in [5.41, 5.74) is 2.67. The highest BCUT2D eigenvalue weighted by atomic mass is 35.5. The molecule has 0 spiro atoms. The van der Waals surface area contributed by atoms with Crippen LogP contribution in [0.4, 0.5) is 10.8 Å². The van der Waals surface area contributed by atoms with E-state index in [0.29, 0.717) is 21.5 Å². The SMILES string of the molecule is COc1ccc(C(=O)CSc2nnc(Nc3cccc(C)c3)s2)cc1Cl. The van der Waals surface area contributed by atoms with E-state index in [2.05, 4.69) is 15.5 Å². The number of rotatable bonds is 7. The molecule has 2 aromatic carbocycles. The van der Waals surface area contributed by atoms with Gasteiger partial charge in [-0.15, -0.1) is 10.2 Å². The molecule has 5 nitrogen and oxygen atoms in total. The van der Waals surface area contributed by atoms with Gasteiger partial charge in [-0.2, -0.15) is 0 Å². The van der Waals surface area contributed by atoms with Crippen LogP contribution < -0.4 is 10.1 Å². The first-order valence-corrected chi connectivity index (χ1v) is 9.90. The van der Waals surface area contributed by atoms with Crippen molar-refractivity contribution in [2.75, 3.05) is 18.2 Å². The topological polar surface area (TPSA) is 64.1 Å². The molecule has 0 atom stereocenters. The smallest absolute Gasteiger partial charge is 0.210 e. The van der Waals surface area contributed by atoms with Crippen molar-refractivity contribution in [2.24, 2.45) is 0 Å². The lowest BCUT2D eigenvalue weighted by Crippen LogP contribution is -2.02. The van der Waals surface area contributed by atoms with Crippen LogP contribution in [-0.2, 0) is 0 Å². The predicted octanol–water partition coefficient (Wildman–Crippen LogP) is 5.23. The summed E-state index contributed by atoms with van der Waals surface area (Å²) in [7, 11) is 1.54. The minimum atomic E-state index is -0.0250. The number of anilines is 2. The summed E-state index contributed by atoms with van der Waals surface area (Å²) in [6.07, 6.45) is 0. The molecule has 3 rings (SSSR count). The van der Waals surface area contributed by atoms with Crippen LogP contribution in [-0.4, -0.2) is 28.8 Å². The number of aryl methyl sites for hydroxylation is 1. The van der Waals surface area contributed by atoms with Gasteiger partial charge in [0.05, 0.1) is 17.9 Å². The van der Waals surface area contributed by atoms with E-state index in [1.54, 1.807) is 18.2 Å². The molecule has 0 aliphatic heterocycles. The van der Waals surface area contributed by atoms with E-state index in [9.17, 15) is 4.79 Å². The average Bonchev–Trinajstić information content (AvgIpc) is 3.07. The van der Waals surface area contributed by atoms with Crippen molar-refractivity contribution in [3.8, 4) is 5.75 Å². The van der Waals surface area contributed by atoms with Crippen LogP contribution in [0.1, 0.15) is 15.9 Å². The van der Waals surface area contributed by atoms with Gasteiger partial charge < -0.3 is 10.1 Å². The molecular formula is C18H16ClN3O2S2. The molecule has 0 aliphatic carbocycles. The molecule has 0 saturated heterocycles. The van der Waals surface area contributed by atoms with E-state index in [1.165, 1.54) is 30.2 Å². The number of hydrogen-bond donors (Lipinski definition) is 1. The molecule has 0 bridgehead atoms. The molecule has 0 aliphatic rings. The fourth-order valence-corrected chi connectivity index (χ4v) is 4.14. The maximum atomic E-state index is 12.3. The number of nitrogens with zero attached hydrogens (tertiary/aromatic N) is 2. The summed E-state index contributed by atoms with van der Waals surface area (Å²) in [4.78, 5) is 12.3. The zero-order chi connectivity index (χ0) is 18.5. The van der Waals surface area contributed by atoms with Crippen molar-refractivity contribution in [3.63, 3.8) is 0 Å². The molecule has 26 heavy (non-hydrogen) atoms. The number of aromatic nitrogens is 2. The van der Waals surface area contributed by atoms with Crippen LogP contribution in [0.15, 0.2) is 46.8 Å². The van der Waals surface area contributed by atoms with Crippen LogP contribution in [0.25, 0.3) is 0 Å². The van der Waals surface area contributed by atoms with Crippen LogP contribution in [0.3, 0.4) is 0 Å². The molecule has 134 valence electrons. The van der Waals surface area contributed by atoms with Gasteiger partial charge in [-0.3, -0.25) is 4.79 Å². The molecule has 0 unspecified atom stereocenters. The standard InChI is InChI=1S/C18H16ClN3O2S2/c1-11-4-3-5-13(8-11)20-17-21-22-18(26-17)25-10-15(23)12-6-7-16(24-2)14(19)9-12/h3-9H,10H2,1-2H3,(H,20,21). The number of benzene rings is 2. The van der Waals surface area contributed by atoms with Crippen molar-refractivity contribution in [2.45, 2.75) is 11.3 Å². The van der Waals surface area contributed by atoms with Gasteiger partial charge >= 0.3 is 0 Å². The zero-order valence-electron chi connectivity index (χ0n) is 14.2. The Balaban J connectivity index is 1.59. The summed E-state index contributed by atoms with van der Waals surface area (Å²) in [6, 6.07) is 13.0. The van der Waals surface area contributed by atoms with Gasteiger partial charge in [0.15, 0.2) is 10.1 Å². The van der Waals surface area contributed by atoms with Gasteiger partial charge in [-0.25, -0.2) is 0 Å². The molecule has 0 saturated carbocycles. The van der Waals surface area contributed by atoms with Crippen molar-refractivity contribution < 1.29 is 9.53 Å². The Hall–Kier alpha value is -2.09. The highest BCUT2D eigenvalue weighted by Gasteiger charge is 2.12. The van der Waals surface area contributed by atoms with Crippen LogP contribution in [0.2, 0.25) is 5.02 Å². The molecule has 3 aromatic rings. The second kappa shape index (κ2) is 8.53. The van der Waals surface area contributed by atoms with Crippen molar-refractivity contribution >= 4 is 51.3 Å². The number of carbonyl (C=O) groups excluding carboxylic acids is 1. The van der Waals surface area contributed by atoms with Crippen molar-refractivity contribution in [1.82, 2.24) is 10.2 Å². The Labute approximate surface area is 164 Å². The number of hydrogen-bond acceptors (Lipinski definition) is 7. The number of nitrogens with one attached hydrogen (secondary N) is 1. The summed E-state index contributed by atoms with van der Waals surface area (Å²) < 4.78 is 5.83. The summed E-state index contributed by atoms with van der Waals surface area (Å²) in [5, 5.41) is 12.6. The monoisotopic (exact) mass is 405 g/mol. The van der Waals surface area contributed by atoms with Crippen molar-refractivity contribution in [3.05, 3.63) is 58.6 Å². The largest absolute Gasteiger partial charge is 0.495 e. The first-order valence-electron chi connectivity index (χ1n) is 7.72. The predicted molar refractivity (Wildman–Crippen MR) is 107 cm³/mol. The minimum absolute atomic E-state index is 0.0250. The van der Waals surface area contributed by atoms with E-state index >= 15 is 0 Å². The number of Topliss-reactive ketones (excluding diaryl/α,β-unsaturated/α-hetero) is 1. The highest BCUT2D eigenvalue weighted by Crippen LogP contribution is 2.29. The Morgan fingerprint density at radius 1 is 1.27 bits per heavy atom. The van der Waals surface area contributed by atoms with Crippen LogP contribution in [0, 0.1) is 6.92 Å². The van der Waals surface area contributed by atoms with Gasteiger partial charge in [0.1, 0.15) is 5.75 Å². The fraction of sp³-hybridized carbons (Fsp3) is 0.167.